The molecule has 7 heteroatoms. The Morgan fingerprint density at radius 2 is 1.82 bits per heavy atom. The van der Waals surface area contributed by atoms with Crippen LogP contribution in [0.3, 0.4) is 0 Å². The molecule has 2 aromatic carbocycles. The number of methoxy groups -OCH3 is 1. The molecule has 3 aliphatic rings. The van der Waals surface area contributed by atoms with Crippen molar-refractivity contribution in [2.24, 2.45) is 5.41 Å². The maximum Gasteiger partial charge on any atom is 0.313 e. The Bertz CT molecular complexity index is 1610. The van der Waals surface area contributed by atoms with E-state index in [2.05, 4.69) is 34.4 Å². The van der Waals surface area contributed by atoms with Crippen molar-refractivity contribution in [3.8, 4) is 11.3 Å². The standard InChI is InChI=1S/C33H31BrN2O4/c1-5-9-24(21(3)40-4)26-19-32(31(38)39)14-16-33(26,17-15-32)36-30(37)28-20(2)29(22-10-7-6-8-11-22)35-27-13-12-23(34)18-25(27)28/h5-13,18-19H,1,3,14-17H2,2,4H3,(H,36,37)(H,38,39)/b24-9+. The molecular weight excluding hydrogens is 568 g/mol. The largest absolute Gasteiger partial charge is 0.497 e. The first-order chi connectivity index (χ1) is 19.1. The molecule has 3 aliphatic carbocycles. The number of carboxylic acids is 1. The van der Waals surface area contributed by atoms with Gasteiger partial charge in [0.15, 0.2) is 0 Å². The molecule has 1 fully saturated rings. The maximum absolute atomic E-state index is 14.4. The molecule has 0 saturated heterocycles. The molecule has 1 aromatic heterocycles. The average molecular weight is 600 g/mol. The number of fused-ring (bicyclic) bond motifs is 3. The van der Waals surface area contributed by atoms with Crippen molar-refractivity contribution < 1.29 is 19.4 Å². The molecule has 1 saturated carbocycles. The van der Waals surface area contributed by atoms with E-state index in [9.17, 15) is 14.7 Å². The number of allylic oxidation sites excluding steroid dienone is 3. The Balaban J connectivity index is 1.68. The second-order valence-electron chi connectivity index (χ2n) is 10.5. The van der Waals surface area contributed by atoms with Gasteiger partial charge in [-0.25, -0.2) is 4.98 Å². The van der Waals surface area contributed by atoms with Crippen LogP contribution in [-0.4, -0.2) is 34.6 Å². The van der Waals surface area contributed by atoms with Crippen LogP contribution in [0.1, 0.15) is 41.6 Å². The van der Waals surface area contributed by atoms with Crippen LogP contribution in [-0.2, 0) is 9.53 Å². The van der Waals surface area contributed by atoms with Gasteiger partial charge in [-0.3, -0.25) is 9.59 Å². The number of amides is 1. The van der Waals surface area contributed by atoms with E-state index in [1.54, 1.807) is 18.2 Å². The average Bonchev–Trinajstić information content (AvgIpc) is 2.96. The van der Waals surface area contributed by atoms with Gasteiger partial charge in [-0.15, -0.1) is 0 Å². The summed E-state index contributed by atoms with van der Waals surface area (Å²) in [6, 6.07) is 15.6. The number of aliphatic carboxylic acids is 1. The van der Waals surface area contributed by atoms with E-state index < -0.39 is 16.9 Å². The van der Waals surface area contributed by atoms with Gasteiger partial charge in [0.1, 0.15) is 5.76 Å². The number of hydrogen-bond donors (Lipinski definition) is 2. The van der Waals surface area contributed by atoms with Gasteiger partial charge >= 0.3 is 5.97 Å². The van der Waals surface area contributed by atoms with Gasteiger partial charge < -0.3 is 15.2 Å². The number of carbonyl (C=O) groups is 2. The van der Waals surface area contributed by atoms with Gasteiger partial charge in [0.05, 0.1) is 34.8 Å². The van der Waals surface area contributed by atoms with Crippen LogP contribution in [0.4, 0.5) is 0 Å². The molecule has 0 unspecified atom stereocenters. The third-order valence-electron chi connectivity index (χ3n) is 8.30. The maximum atomic E-state index is 14.4. The summed E-state index contributed by atoms with van der Waals surface area (Å²) in [5, 5.41) is 14.3. The highest BCUT2D eigenvalue weighted by Gasteiger charge is 2.54. The normalized spacial score (nSPS) is 22.0. The molecule has 6 rings (SSSR count). The first-order valence-corrected chi connectivity index (χ1v) is 13.9. The number of carboxylic acid groups (broad SMARTS) is 1. The van der Waals surface area contributed by atoms with Crippen LogP contribution in [0.5, 0.6) is 0 Å². The van der Waals surface area contributed by atoms with E-state index in [1.165, 1.54) is 7.11 Å². The lowest BCUT2D eigenvalue weighted by molar-refractivity contribution is -0.149. The Kier molecular flexibility index (Phi) is 7.27. The number of hydrogen-bond acceptors (Lipinski definition) is 4. The van der Waals surface area contributed by atoms with Gasteiger partial charge in [0.2, 0.25) is 0 Å². The molecule has 3 aromatic rings. The number of pyridine rings is 1. The molecule has 2 bridgehead atoms. The second-order valence-corrected chi connectivity index (χ2v) is 11.4. The number of ether oxygens (including phenoxy) is 1. The van der Waals surface area contributed by atoms with Crippen LogP contribution in [0.15, 0.2) is 101 Å². The van der Waals surface area contributed by atoms with E-state index in [0.717, 1.165) is 26.7 Å². The van der Waals surface area contributed by atoms with Crippen molar-refractivity contribution in [3.63, 3.8) is 0 Å². The molecule has 1 amide bonds. The predicted molar refractivity (Wildman–Crippen MR) is 161 cm³/mol. The number of aromatic nitrogens is 1. The smallest absolute Gasteiger partial charge is 0.313 e. The predicted octanol–water partition coefficient (Wildman–Crippen LogP) is 7.30. The number of nitrogens with zero attached hydrogens (tertiary/aromatic N) is 1. The number of carbonyl (C=O) groups excluding carboxylic acids is 1. The summed E-state index contributed by atoms with van der Waals surface area (Å²) in [7, 11) is 1.52. The molecule has 0 aliphatic heterocycles. The number of halogens is 1. The lowest BCUT2D eigenvalue weighted by Crippen LogP contribution is -2.58. The fourth-order valence-electron chi connectivity index (χ4n) is 6.10. The molecule has 2 N–H and O–H groups in total. The highest BCUT2D eigenvalue weighted by molar-refractivity contribution is 9.10. The molecule has 0 atom stereocenters. The minimum absolute atomic E-state index is 0.239. The van der Waals surface area contributed by atoms with Crippen LogP contribution < -0.4 is 5.32 Å². The van der Waals surface area contributed by atoms with E-state index in [-0.39, 0.29) is 5.91 Å². The lowest BCUT2D eigenvalue weighted by atomic mass is 9.57. The van der Waals surface area contributed by atoms with Gasteiger partial charge in [0.25, 0.3) is 5.91 Å². The summed E-state index contributed by atoms with van der Waals surface area (Å²) in [5.41, 5.74) is 3.22. The fourth-order valence-corrected chi connectivity index (χ4v) is 6.46. The molecule has 0 spiro atoms. The third-order valence-corrected chi connectivity index (χ3v) is 8.79. The summed E-state index contributed by atoms with van der Waals surface area (Å²) in [4.78, 5) is 31.7. The summed E-state index contributed by atoms with van der Waals surface area (Å²) in [5.74, 6) is -0.718. The zero-order valence-electron chi connectivity index (χ0n) is 22.6. The van der Waals surface area contributed by atoms with Gasteiger partial charge in [0, 0.05) is 21.0 Å². The highest BCUT2D eigenvalue weighted by Crippen LogP contribution is 2.54. The zero-order valence-corrected chi connectivity index (χ0v) is 24.2. The first kappa shape index (κ1) is 27.6. The minimum Gasteiger partial charge on any atom is -0.497 e. The van der Waals surface area contributed by atoms with Crippen LogP contribution in [0.2, 0.25) is 0 Å². The van der Waals surface area contributed by atoms with E-state index in [1.807, 2.05) is 55.5 Å². The molecule has 40 heavy (non-hydrogen) atoms. The van der Waals surface area contributed by atoms with Crippen molar-refractivity contribution in [3.05, 3.63) is 112 Å². The van der Waals surface area contributed by atoms with Crippen LogP contribution in [0, 0.1) is 12.3 Å². The SMILES string of the molecule is C=C/C=C(\C(=C)OC)C1=CC2(C(=O)O)CCC1(NC(=O)c1c(C)c(-c3ccccc3)nc3ccc(Br)cc13)CC2. The van der Waals surface area contributed by atoms with E-state index >= 15 is 0 Å². The van der Waals surface area contributed by atoms with Crippen molar-refractivity contribution >= 4 is 38.7 Å². The molecular formula is C33H31BrN2O4. The topological polar surface area (TPSA) is 88.5 Å². The Labute approximate surface area is 242 Å². The Hall–Kier alpha value is -3.97. The molecule has 1 heterocycles. The third kappa shape index (κ3) is 4.58. The Morgan fingerprint density at radius 1 is 1.12 bits per heavy atom. The number of benzene rings is 2. The van der Waals surface area contributed by atoms with E-state index in [4.69, 9.17) is 9.72 Å². The number of nitrogens with one attached hydrogen (secondary N) is 1. The van der Waals surface area contributed by atoms with Crippen molar-refractivity contribution in [2.45, 2.75) is 38.1 Å². The zero-order chi connectivity index (χ0) is 28.7. The van der Waals surface area contributed by atoms with E-state index in [0.29, 0.717) is 53.7 Å². The highest BCUT2D eigenvalue weighted by atomic mass is 79.9. The fraction of sp³-hybridized carbons (Fsp3) is 0.242. The summed E-state index contributed by atoms with van der Waals surface area (Å²) in [6.45, 7) is 9.80. The Morgan fingerprint density at radius 3 is 2.45 bits per heavy atom. The quantitative estimate of drug-likeness (QED) is 0.210. The molecule has 0 radical (unpaired) electrons. The second kappa shape index (κ2) is 10.5. The first-order valence-electron chi connectivity index (χ1n) is 13.2. The summed E-state index contributed by atoms with van der Waals surface area (Å²) >= 11 is 3.56. The lowest BCUT2D eigenvalue weighted by Gasteiger charge is -2.51. The van der Waals surface area contributed by atoms with Crippen molar-refractivity contribution in [2.75, 3.05) is 7.11 Å². The van der Waals surface area contributed by atoms with Crippen molar-refractivity contribution in [1.82, 2.24) is 10.3 Å². The van der Waals surface area contributed by atoms with Crippen LogP contribution >= 0.6 is 15.9 Å². The summed E-state index contributed by atoms with van der Waals surface area (Å²) in [6.07, 6.45) is 6.97. The van der Waals surface area contributed by atoms with Gasteiger partial charge in [-0.05, 0) is 61.9 Å². The van der Waals surface area contributed by atoms with Gasteiger partial charge in [-0.1, -0.05) is 77.6 Å². The monoisotopic (exact) mass is 598 g/mol. The van der Waals surface area contributed by atoms with Crippen LogP contribution in [0.25, 0.3) is 22.2 Å². The molecule has 204 valence electrons. The van der Waals surface area contributed by atoms with Gasteiger partial charge in [-0.2, -0.15) is 0 Å². The summed E-state index contributed by atoms with van der Waals surface area (Å²) < 4.78 is 6.33. The molecule has 6 nitrogen and oxygen atoms in total. The van der Waals surface area contributed by atoms with Crippen molar-refractivity contribution in [1.29, 1.82) is 0 Å². The number of rotatable bonds is 8. The minimum atomic E-state index is -0.999.